The van der Waals surface area contributed by atoms with Gasteiger partial charge in [-0.1, -0.05) is 6.92 Å². The summed E-state index contributed by atoms with van der Waals surface area (Å²) in [5.41, 5.74) is 0. The molecule has 2 amide bonds. The van der Waals surface area contributed by atoms with Crippen LogP contribution in [-0.4, -0.2) is 97.4 Å². The van der Waals surface area contributed by atoms with Gasteiger partial charge in [-0.05, 0) is 20.5 Å². The van der Waals surface area contributed by atoms with Crippen molar-refractivity contribution in [2.45, 2.75) is 25.8 Å². The van der Waals surface area contributed by atoms with Crippen LogP contribution < -0.4 is 0 Å². The van der Waals surface area contributed by atoms with E-state index in [1.807, 2.05) is 30.8 Å². The van der Waals surface area contributed by atoms with Crippen LogP contribution in [0, 0.1) is 0 Å². The first-order valence-electron chi connectivity index (χ1n) is 7.98. The molecule has 21 heavy (non-hydrogen) atoms. The summed E-state index contributed by atoms with van der Waals surface area (Å²) >= 11 is 0. The van der Waals surface area contributed by atoms with E-state index in [-0.39, 0.29) is 17.9 Å². The molecule has 1 unspecified atom stereocenters. The number of carbonyl (C=O) groups is 2. The fourth-order valence-electron chi connectivity index (χ4n) is 3.11. The Morgan fingerprint density at radius 2 is 1.86 bits per heavy atom. The van der Waals surface area contributed by atoms with Gasteiger partial charge in [0.25, 0.3) is 0 Å². The second kappa shape index (κ2) is 7.22. The quantitative estimate of drug-likeness (QED) is 0.699. The molecular formula is C15H28N4O2. The standard InChI is InChI=1S/C15H28N4O2/c1-4-14(20)18-11-9-17(10-12-18)13-5-6-19(15(13)21)8-7-16(2)3/h13H,4-12H2,1-3H3. The molecule has 1 atom stereocenters. The van der Waals surface area contributed by atoms with Gasteiger partial charge in [-0.25, -0.2) is 0 Å². The van der Waals surface area contributed by atoms with E-state index in [4.69, 9.17) is 0 Å². The molecule has 0 bridgehead atoms. The molecule has 6 nitrogen and oxygen atoms in total. The van der Waals surface area contributed by atoms with Crippen molar-refractivity contribution >= 4 is 11.8 Å². The van der Waals surface area contributed by atoms with Gasteiger partial charge < -0.3 is 14.7 Å². The van der Waals surface area contributed by atoms with Crippen LogP contribution in [0.1, 0.15) is 19.8 Å². The molecule has 0 saturated carbocycles. The molecule has 2 heterocycles. The molecule has 6 heteroatoms. The van der Waals surface area contributed by atoms with E-state index < -0.39 is 0 Å². The third kappa shape index (κ3) is 3.95. The highest BCUT2D eigenvalue weighted by Gasteiger charge is 2.37. The lowest BCUT2D eigenvalue weighted by Gasteiger charge is -2.37. The van der Waals surface area contributed by atoms with E-state index in [1.54, 1.807) is 0 Å². The second-order valence-corrected chi connectivity index (χ2v) is 6.20. The molecular weight excluding hydrogens is 268 g/mol. The van der Waals surface area contributed by atoms with Crippen LogP contribution >= 0.6 is 0 Å². The number of hydrogen-bond acceptors (Lipinski definition) is 4. The maximum atomic E-state index is 12.5. The lowest BCUT2D eigenvalue weighted by Crippen LogP contribution is -2.53. The molecule has 0 aliphatic carbocycles. The number of amides is 2. The molecule has 2 saturated heterocycles. The van der Waals surface area contributed by atoms with Crippen LogP contribution in [0.5, 0.6) is 0 Å². The molecule has 2 rings (SSSR count). The summed E-state index contributed by atoms with van der Waals surface area (Å²) < 4.78 is 0. The molecule has 2 fully saturated rings. The molecule has 0 aromatic rings. The van der Waals surface area contributed by atoms with Crippen LogP contribution in [0.3, 0.4) is 0 Å². The van der Waals surface area contributed by atoms with Crippen molar-refractivity contribution in [3.8, 4) is 0 Å². The van der Waals surface area contributed by atoms with E-state index in [1.165, 1.54) is 0 Å². The molecule has 0 aromatic carbocycles. The van der Waals surface area contributed by atoms with Gasteiger partial charge in [0.2, 0.25) is 11.8 Å². The Morgan fingerprint density at radius 3 is 2.43 bits per heavy atom. The maximum Gasteiger partial charge on any atom is 0.240 e. The highest BCUT2D eigenvalue weighted by Crippen LogP contribution is 2.19. The van der Waals surface area contributed by atoms with Crippen molar-refractivity contribution in [3.63, 3.8) is 0 Å². The molecule has 0 N–H and O–H groups in total. The van der Waals surface area contributed by atoms with Gasteiger partial charge in [0.1, 0.15) is 0 Å². The third-order valence-electron chi connectivity index (χ3n) is 4.50. The summed E-state index contributed by atoms with van der Waals surface area (Å²) in [4.78, 5) is 32.4. The van der Waals surface area contributed by atoms with E-state index in [2.05, 4.69) is 9.80 Å². The summed E-state index contributed by atoms with van der Waals surface area (Å²) in [6, 6.07) is 0.0334. The van der Waals surface area contributed by atoms with Gasteiger partial charge in [-0.2, -0.15) is 0 Å². The number of likely N-dealkylation sites (tertiary alicyclic amines) is 1. The third-order valence-corrected chi connectivity index (χ3v) is 4.50. The van der Waals surface area contributed by atoms with Gasteiger partial charge in [0.15, 0.2) is 0 Å². The molecule has 120 valence electrons. The fraction of sp³-hybridized carbons (Fsp3) is 0.867. The molecule has 0 aromatic heterocycles. The average molecular weight is 296 g/mol. The summed E-state index contributed by atoms with van der Waals surface area (Å²) in [5, 5.41) is 0. The normalized spacial score (nSPS) is 24.2. The zero-order chi connectivity index (χ0) is 15.4. The first-order valence-corrected chi connectivity index (χ1v) is 7.98. The Morgan fingerprint density at radius 1 is 1.19 bits per heavy atom. The molecule has 2 aliphatic heterocycles. The van der Waals surface area contributed by atoms with Crippen molar-refractivity contribution in [1.82, 2.24) is 19.6 Å². The van der Waals surface area contributed by atoms with Crippen molar-refractivity contribution in [1.29, 1.82) is 0 Å². The molecule has 0 radical (unpaired) electrons. The van der Waals surface area contributed by atoms with Crippen molar-refractivity contribution in [3.05, 3.63) is 0 Å². The predicted molar refractivity (Wildman–Crippen MR) is 82.0 cm³/mol. The van der Waals surface area contributed by atoms with Gasteiger partial charge in [0, 0.05) is 52.2 Å². The monoisotopic (exact) mass is 296 g/mol. The minimum Gasteiger partial charge on any atom is -0.340 e. The Hall–Kier alpha value is -1.14. The zero-order valence-corrected chi connectivity index (χ0v) is 13.5. The highest BCUT2D eigenvalue weighted by atomic mass is 16.2. The minimum absolute atomic E-state index is 0.0334. The first kappa shape index (κ1) is 16.2. The van der Waals surface area contributed by atoms with E-state index in [0.29, 0.717) is 6.42 Å². The van der Waals surface area contributed by atoms with Crippen molar-refractivity contribution in [2.24, 2.45) is 0 Å². The van der Waals surface area contributed by atoms with Crippen LogP contribution in [-0.2, 0) is 9.59 Å². The average Bonchev–Trinajstić information content (AvgIpc) is 2.85. The zero-order valence-electron chi connectivity index (χ0n) is 13.5. The number of hydrogen-bond donors (Lipinski definition) is 0. The number of carbonyl (C=O) groups excluding carboxylic acids is 2. The summed E-state index contributed by atoms with van der Waals surface area (Å²) in [7, 11) is 4.06. The van der Waals surface area contributed by atoms with Crippen molar-refractivity contribution in [2.75, 3.05) is 59.9 Å². The predicted octanol–water partition coefficient (Wildman–Crippen LogP) is -0.297. The Balaban J connectivity index is 1.82. The van der Waals surface area contributed by atoms with Crippen molar-refractivity contribution < 1.29 is 9.59 Å². The summed E-state index contributed by atoms with van der Waals surface area (Å²) in [6.45, 7) is 7.66. The Labute approximate surface area is 127 Å². The largest absolute Gasteiger partial charge is 0.340 e. The van der Waals surface area contributed by atoms with Crippen LogP contribution in [0.4, 0.5) is 0 Å². The summed E-state index contributed by atoms with van der Waals surface area (Å²) in [6.07, 6.45) is 1.49. The highest BCUT2D eigenvalue weighted by molar-refractivity contribution is 5.84. The maximum absolute atomic E-state index is 12.5. The number of nitrogens with zero attached hydrogens (tertiary/aromatic N) is 4. The van der Waals surface area contributed by atoms with Gasteiger partial charge in [-0.3, -0.25) is 14.5 Å². The van der Waals surface area contributed by atoms with Crippen LogP contribution in [0.25, 0.3) is 0 Å². The van der Waals surface area contributed by atoms with Crippen LogP contribution in [0.2, 0.25) is 0 Å². The second-order valence-electron chi connectivity index (χ2n) is 6.20. The lowest BCUT2D eigenvalue weighted by molar-refractivity contribution is -0.135. The van der Waals surface area contributed by atoms with Gasteiger partial charge >= 0.3 is 0 Å². The van der Waals surface area contributed by atoms with Crippen LogP contribution in [0.15, 0.2) is 0 Å². The van der Waals surface area contributed by atoms with Gasteiger partial charge in [-0.15, -0.1) is 0 Å². The SMILES string of the molecule is CCC(=O)N1CCN(C2CCN(CCN(C)C)C2=O)CC1. The number of piperazine rings is 1. The number of rotatable bonds is 5. The minimum atomic E-state index is 0.0334. The molecule has 0 spiro atoms. The van der Waals surface area contributed by atoms with E-state index >= 15 is 0 Å². The number of likely N-dealkylation sites (N-methyl/N-ethyl adjacent to an activating group) is 1. The first-order chi connectivity index (χ1) is 10.0. The van der Waals surface area contributed by atoms with E-state index in [9.17, 15) is 9.59 Å². The Bertz CT molecular complexity index is 378. The van der Waals surface area contributed by atoms with E-state index in [0.717, 1.165) is 52.2 Å². The summed E-state index contributed by atoms with van der Waals surface area (Å²) in [5.74, 6) is 0.493. The fourth-order valence-corrected chi connectivity index (χ4v) is 3.11. The Kier molecular flexibility index (Phi) is 5.58. The molecule has 2 aliphatic rings. The topological polar surface area (TPSA) is 47.1 Å². The smallest absolute Gasteiger partial charge is 0.240 e. The lowest BCUT2D eigenvalue weighted by atomic mass is 10.1. The van der Waals surface area contributed by atoms with Gasteiger partial charge in [0.05, 0.1) is 6.04 Å².